The lowest BCUT2D eigenvalue weighted by atomic mass is 10.0. The minimum absolute atomic E-state index is 0.214. The van der Waals surface area contributed by atoms with Crippen LogP contribution >= 0.6 is 11.6 Å². The maximum absolute atomic E-state index is 13.5. The highest BCUT2D eigenvalue weighted by Gasteiger charge is 2.09. The molecule has 0 amide bonds. The van der Waals surface area contributed by atoms with E-state index in [9.17, 15) is 4.39 Å². The molecule has 0 radical (unpaired) electrons. The molecule has 0 N–H and O–H groups in total. The second-order valence-electron chi connectivity index (χ2n) is 4.65. The molecule has 0 fully saturated rings. The highest BCUT2D eigenvalue weighted by molar-refractivity contribution is 6.17. The number of nitrogens with zero attached hydrogens (tertiary/aromatic N) is 1. The number of hydrogen-bond donors (Lipinski definition) is 0. The van der Waals surface area contributed by atoms with E-state index in [1.807, 2.05) is 42.1 Å². The van der Waals surface area contributed by atoms with Crippen molar-refractivity contribution >= 4 is 22.5 Å². The normalized spacial score (nSPS) is 11.1. The van der Waals surface area contributed by atoms with E-state index in [4.69, 9.17) is 11.6 Å². The topological polar surface area (TPSA) is 4.93 Å². The lowest BCUT2D eigenvalue weighted by molar-refractivity contribution is 0.629. The van der Waals surface area contributed by atoms with Crippen molar-refractivity contribution in [2.24, 2.45) is 7.05 Å². The molecule has 3 aromatic rings. The molecule has 0 saturated carbocycles. The minimum Gasteiger partial charge on any atom is -0.350 e. The predicted molar refractivity (Wildman–Crippen MR) is 77.9 cm³/mol. The van der Waals surface area contributed by atoms with Crippen molar-refractivity contribution in [2.45, 2.75) is 5.88 Å². The number of fused-ring (bicyclic) bond motifs is 1. The second kappa shape index (κ2) is 4.71. The summed E-state index contributed by atoms with van der Waals surface area (Å²) in [5.74, 6) is 0.265. The number of benzene rings is 2. The van der Waals surface area contributed by atoms with Gasteiger partial charge in [-0.3, -0.25) is 0 Å². The maximum Gasteiger partial charge on any atom is 0.123 e. The SMILES string of the molecule is Cn1cc(-c2cccc(CCl)c2)c2cc(F)ccc21. The van der Waals surface area contributed by atoms with Gasteiger partial charge in [0.15, 0.2) is 0 Å². The molecule has 0 spiro atoms. The van der Waals surface area contributed by atoms with Crippen LogP contribution in [0.5, 0.6) is 0 Å². The van der Waals surface area contributed by atoms with Crippen LogP contribution in [0.15, 0.2) is 48.7 Å². The molecule has 0 bridgehead atoms. The van der Waals surface area contributed by atoms with Crippen LogP contribution in [0.2, 0.25) is 0 Å². The molecular formula is C16H13ClFN. The van der Waals surface area contributed by atoms with Crippen LogP contribution in [-0.2, 0) is 12.9 Å². The molecule has 1 heterocycles. The lowest BCUT2D eigenvalue weighted by Crippen LogP contribution is -1.83. The molecule has 0 aliphatic carbocycles. The standard InChI is InChI=1S/C16H13ClFN/c1-19-10-15(12-4-2-3-11(7-12)9-17)14-8-13(18)5-6-16(14)19/h2-8,10H,9H2,1H3. The van der Waals surface area contributed by atoms with Gasteiger partial charge in [0.25, 0.3) is 0 Å². The average Bonchev–Trinajstić information content (AvgIpc) is 2.75. The number of halogens is 2. The molecule has 0 aliphatic rings. The summed E-state index contributed by atoms with van der Waals surface area (Å²) in [7, 11) is 1.97. The van der Waals surface area contributed by atoms with Crippen LogP contribution in [0.4, 0.5) is 4.39 Å². The van der Waals surface area contributed by atoms with Crippen LogP contribution in [0, 0.1) is 5.82 Å². The zero-order valence-electron chi connectivity index (χ0n) is 10.5. The van der Waals surface area contributed by atoms with Crippen molar-refractivity contribution in [3.05, 3.63) is 60.0 Å². The van der Waals surface area contributed by atoms with Crippen molar-refractivity contribution < 1.29 is 4.39 Å². The van der Waals surface area contributed by atoms with Gasteiger partial charge in [-0.2, -0.15) is 0 Å². The van der Waals surface area contributed by atoms with Gasteiger partial charge in [0, 0.05) is 35.6 Å². The van der Waals surface area contributed by atoms with Gasteiger partial charge in [0.1, 0.15) is 5.82 Å². The Labute approximate surface area is 116 Å². The molecule has 1 aromatic heterocycles. The van der Waals surface area contributed by atoms with Gasteiger partial charge >= 0.3 is 0 Å². The van der Waals surface area contributed by atoms with Crippen molar-refractivity contribution in [1.29, 1.82) is 0 Å². The fraction of sp³-hybridized carbons (Fsp3) is 0.125. The van der Waals surface area contributed by atoms with E-state index in [-0.39, 0.29) is 5.82 Å². The first-order chi connectivity index (χ1) is 9.19. The van der Waals surface area contributed by atoms with Gasteiger partial charge < -0.3 is 4.57 Å². The van der Waals surface area contributed by atoms with Crippen LogP contribution in [0.25, 0.3) is 22.0 Å². The molecule has 0 atom stereocenters. The average molecular weight is 274 g/mol. The first kappa shape index (κ1) is 12.2. The van der Waals surface area contributed by atoms with Crippen molar-refractivity contribution in [3.63, 3.8) is 0 Å². The minimum atomic E-state index is -0.214. The van der Waals surface area contributed by atoms with Crippen molar-refractivity contribution in [2.75, 3.05) is 0 Å². The zero-order chi connectivity index (χ0) is 13.4. The summed E-state index contributed by atoms with van der Waals surface area (Å²) >= 11 is 5.87. The fourth-order valence-corrected chi connectivity index (χ4v) is 2.58. The highest BCUT2D eigenvalue weighted by Crippen LogP contribution is 2.31. The van der Waals surface area contributed by atoms with E-state index < -0.39 is 0 Å². The van der Waals surface area contributed by atoms with Crippen LogP contribution < -0.4 is 0 Å². The van der Waals surface area contributed by atoms with Crippen LogP contribution in [0.3, 0.4) is 0 Å². The smallest absolute Gasteiger partial charge is 0.123 e. The number of alkyl halides is 1. The molecule has 0 unspecified atom stereocenters. The molecule has 0 aliphatic heterocycles. The molecule has 2 aromatic carbocycles. The Morgan fingerprint density at radius 1 is 1.16 bits per heavy atom. The van der Waals surface area contributed by atoms with E-state index in [0.29, 0.717) is 5.88 Å². The van der Waals surface area contributed by atoms with E-state index in [2.05, 4.69) is 0 Å². The summed E-state index contributed by atoms with van der Waals surface area (Å²) in [4.78, 5) is 0. The Balaban J connectivity index is 2.26. The molecule has 19 heavy (non-hydrogen) atoms. The van der Waals surface area contributed by atoms with E-state index in [1.54, 1.807) is 12.1 Å². The third kappa shape index (κ3) is 2.13. The molecule has 0 saturated heterocycles. The fourth-order valence-electron chi connectivity index (χ4n) is 2.42. The molecule has 3 rings (SSSR count). The van der Waals surface area contributed by atoms with Gasteiger partial charge in [-0.05, 0) is 35.4 Å². The number of hydrogen-bond acceptors (Lipinski definition) is 0. The van der Waals surface area contributed by atoms with Gasteiger partial charge in [0.2, 0.25) is 0 Å². The lowest BCUT2D eigenvalue weighted by Gasteiger charge is -2.02. The summed E-state index contributed by atoms with van der Waals surface area (Å²) in [6.45, 7) is 0. The zero-order valence-corrected chi connectivity index (χ0v) is 11.3. The van der Waals surface area contributed by atoms with Crippen LogP contribution in [-0.4, -0.2) is 4.57 Å². The van der Waals surface area contributed by atoms with Gasteiger partial charge in [-0.25, -0.2) is 4.39 Å². The predicted octanol–water partition coefficient (Wildman–Crippen LogP) is 4.72. The Kier molecular flexibility index (Phi) is 3.03. The van der Waals surface area contributed by atoms with Gasteiger partial charge in [0.05, 0.1) is 0 Å². The Hall–Kier alpha value is -1.80. The Morgan fingerprint density at radius 2 is 2.00 bits per heavy atom. The first-order valence-corrected chi connectivity index (χ1v) is 6.62. The Bertz CT molecular complexity index is 746. The summed E-state index contributed by atoms with van der Waals surface area (Å²) in [5.41, 5.74) is 4.18. The van der Waals surface area contributed by atoms with Gasteiger partial charge in [-0.15, -0.1) is 11.6 Å². The molecule has 1 nitrogen and oxygen atoms in total. The van der Waals surface area contributed by atoms with Crippen molar-refractivity contribution in [3.8, 4) is 11.1 Å². The molecule has 96 valence electrons. The second-order valence-corrected chi connectivity index (χ2v) is 4.92. The summed E-state index contributed by atoms with van der Waals surface area (Å²) < 4.78 is 15.5. The Morgan fingerprint density at radius 3 is 2.79 bits per heavy atom. The van der Waals surface area contributed by atoms with E-state index in [1.165, 1.54) is 6.07 Å². The van der Waals surface area contributed by atoms with Crippen LogP contribution in [0.1, 0.15) is 5.56 Å². The molecular weight excluding hydrogens is 261 g/mol. The largest absolute Gasteiger partial charge is 0.350 e. The number of rotatable bonds is 2. The maximum atomic E-state index is 13.5. The van der Waals surface area contributed by atoms with Crippen molar-refractivity contribution in [1.82, 2.24) is 4.57 Å². The van der Waals surface area contributed by atoms with Gasteiger partial charge in [-0.1, -0.05) is 18.2 Å². The summed E-state index contributed by atoms with van der Waals surface area (Å²) in [6.07, 6.45) is 2.03. The quantitative estimate of drug-likeness (QED) is 0.595. The highest BCUT2D eigenvalue weighted by atomic mass is 35.5. The van der Waals surface area contributed by atoms with E-state index in [0.717, 1.165) is 27.6 Å². The third-order valence-electron chi connectivity index (χ3n) is 3.34. The van der Waals surface area contributed by atoms with E-state index >= 15 is 0 Å². The third-order valence-corrected chi connectivity index (χ3v) is 3.65. The first-order valence-electron chi connectivity index (χ1n) is 6.09. The monoisotopic (exact) mass is 273 g/mol. The number of aromatic nitrogens is 1. The molecule has 3 heteroatoms. The summed E-state index contributed by atoms with van der Waals surface area (Å²) in [6, 6.07) is 12.9. The number of aryl methyl sites for hydroxylation is 1. The summed E-state index contributed by atoms with van der Waals surface area (Å²) in [5, 5.41) is 0.925.